The number of rotatable bonds is 9. The van der Waals surface area contributed by atoms with Crippen LogP contribution in [0, 0.1) is 5.82 Å². The Morgan fingerprint density at radius 2 is 2.10 bits per heavy atom. The molecule has 2 N–H and O–H groups in total. The first kappa shape index (κ1) is 22.9. The zero-order valence-corrected chi connectivity index (χ0v) is 18.9. The van der Waals surface area contributed by atoms with Crippen LogP contribution in [0.5, 0.6) is 5.75 Å². The maximum Gasteiger partial charge on any atom is 0.247 e. The summed E-state index contributed by atoms with van der Waals surface area (Å²) < 4.78 is 19.4. The van der Waals surface area contributed by atoms with Crippen LogP contribution in [-0.2, 0) is 4.79 Å². The summed E-state index contributed by atoms with van der Waals surface area (Å²) in [6.45, 7) is 8.48. The van der Waals surface area contributed by atoms with Crippen LogP contribution in [0.15, 0.2) is 49.3 Å². The zero-order valence-electron chi connectivity index (χ0n) is 17.3. The summed E-state index contributed by atoms with van der Waals surface area (Å²) in [4.78, 5) is 20.6. The van der Waals surface area contributed by atoms with E-state index in [4.69, 9.17) is 16.3 Å². The van der Waals surface area contributed by atoms with Gasteiger partial charge in [-0.05, 0) is 56.3 Å². The summed E-state index contributed by atoms with van der Waals surface area (Å²) in [5.74, 6) is 0.144. The number of halogens is 2. The topological polar surface area (TPSA) is 76.1 Å². The number of aromatic nitrogens is 2. The monoisotopic (exact) mass is 460 g/mol. The molecule has 0 saturated heterocycles. The van der Waals surface area contributed by atoms with Gasteiger partial charge in [0.15, 0.2) is 0 Å². The minimum atomic E-state index is -0.505. The van der Waals surface area contributed by atoms with E-state index in [1.807, 2.05) is 0 Å². The fourth-order valence-corrected chi connectivity index (χ4v) is 3.80. The van der Waals surface area contributed by atoms with Crippen molar-refractivity contribution in [2.45, 2.75) is 6.42 Å². The molecule has 1 amide bonds. The number of carbonyl (C=O) groups is 1. The highest BCUT2D eigenvalue weighted by Crippen LogP contribution is 2.34. The molecular weight excluding hydrogens is 438 g/mol. The molecule has 0 atom stereocenters. The number of anilines is 3. The molecule has 6 nitrogen and oxygen atoms in total. The molecule has 1 heterocycles. The molecule has 2 aromatic carbocycles. The van der Waals surface area contributed by atoms with Gasteiger partial charge in [-0.15, -0.1) is 7.92 Å². The van der Waals surface area contributed by atoms with E-state index in [0.717, 1.165) is 12.6 Å². The largest absolute Gasteiger partial charge is 0.491 e. The first-order valence-electron chi connectivity index (χ1n) is 9.59. The van der Waals surface area contributed by atoms with Crippen molar-refractivity contribution >= 4 is 53.5 Å². The molecule has 162 valence electrons. The molecule has 0 fully saturated rings. The second-order valence-corrected chi connectivity index (χ2v) is 10.1. The van der Waals surface area contributed by atoms with Gasteiger partial charge in [-0.2, -0.15) is 0 Å². The fourth-order valence-electron chi connectivity index (χ4n) is 2.86. The van der Waals surface area contributed by atoms with Crippen LogP contribution in [0.3, 0.4) is 0 Å². The van der Waals surface area contributed by atoms with E-state index in [1.165, 1.54) is 24.5 Å². The highest BCUT2D eigenvalue weighted by atomic mass is 35.5. The van der Waals surface area contributed by atoms with Crippen molar-refractivity contribution in [2.24, 2.45) is 0 Å². The van der Waals surface area contributed by atoms with Gasteiger partial charge >= 0.3 is 0 Å². The van der Waals surface area contributed by atoms with Crippen LogP contribution in [0.1, 0.15) is 6.42 Å². The zero-order chi connectivity index (χ0) is 22.4. The Morgan fingerprint density at radius 3 is 2.81 bits per heavy atom. The number of hydrogen-bond acceptors (Lipinski definition) is 5. The number of ether oxygens (including phenoxy) is 1. The quantitative estimate of drug-likeness (QED) is 0.240. The molecule has 0 bridgehead atoms. The normalized spacial score (nSPS) is 10.9. The van der Waals surface area contributed by atoms with Crippen LogP contribution < -0.4 is 15.4 Å². The molecule has 0 spiro atoms. The first-order chi connectivity index (χ1) is 14.9. The molecule has 3 rings (SSSR count). The SMILES string of the molecule is C=CC(=O)Nc1cc2c(Nc3ccc(F)c(Cl)c3)ncnc2cc1OCCCP(C)C. The molecule has 0 unspecified atom stereocenters. The summed E-state index contributed by atoms with van der Waals surface area (Å²) in [6, 6.07) is 7.81. The number of benzene rings is 2. The van der Waals surface area contributed by atoms with Crippen molar-refractivity contribution in [1.29, 1.82) is 0 Å². The molecule has 0 aliphatic carbocycles. The molecule has 3 aromatic rings. The average molecular weight is 461 g/mol. The van der Waals surface area contributed by atoms with E-state index in [2.05, 4.69) is 40.5 Å². The highest BCUT2D eigenvalue weighted by molar-refractivity contribution is 7.55. The number of nitrogens with zero attached hydrogens (tertiary/aromatic N) is 2. The Bertz CT molecular complexity index is 1110. The van der Waals surface area contributed by atoms with Gasteiger partial charge in [0.2, 0.25) is 5.91 Å². The van der Waals surface area contributed by atoms with Crippen molar-refractivity contribution in [2.75, 3.05) is 36.7 Å². The molecule has 31 heavy (non-hydrogen) atoms. The fraction of sp³-hybridized carbons (Fsp3) is 0.227. The molecule has 1 aromatic heterocycles. The number of fused-ring (bicyclic) bond motifs is 1. The minimum absolute atomic E-state index is 0.000750. The second kappa shape index (κ2) is 10.5. The number of carbonyl (C=O) groups excluding carboxylic acids is 1. The molecule has 0 aliphatic rings. The highest BCUT2D eigenvalue weighted by Gasteiger charge is 2.13. The van der Waals surface area contributed by atoms with Gasteiger partial charge in [0, 0.05) is 17.1 Å². The van der Waals surface area contributed by atoms with Crippen molar-refractivity contribution in [3.63, 3.8) is 0 Å². The van der Waals surface area contributed by atoms with Crippen molar-refractivity contribution in [3.05, 3.63) is 60.2 Å². The number of nitrogens with one attached hydrogen (secondary N) is 2. The lowest BCUT2D eigenvalue weighted by atomic mass is 10.1. The third-order valence-corrected chi connectivity index (χ3v) is 5.87. The summed E-state index contributed by atoms with van der Waals surface area (Å²) >= 11 is 5.88. The lowest BCUT2D eigenvalue weighted by molar-refractivity contribution is -0.111. The third kappa shape index (κ3) is 6.12. The van der Waals surface area contributed by atoms with E-state index < -0.39 is 5.82 Å². The van der Waals surface area contributed by atoms with E-state index in [9.17, 15) is 9.18 Å². The van der Waals surface area contributed by atoms with E-state index in [0.29, 0.717) is 40.5 Å². The molecule has 9 heteroatoms. The smallest absolute Gasteiger partial charge is 0.247 e. The standard InChI is InChI=1S/C22H23ClFN4O2P/c1-4-21(29)28-19-11-15-18(12-20(19)30-8-5-9-31(2)3)25-13-26-22(15)27-14-6-7-17(24)16(23)10-14/h4,6-7,10-13H,1,5,8-9H2,2-3H3,(H,28,29)(H,25,26,27). The van der Waals surface area contributed by atoms with Gasteiger partial charge in [-0.3, -0.25) is 4.79 Å². The summed E-state index contributed by atoms with van der Waals surface area (Å²) in [5, 5.41) is 6.55. The van der Waals surface area contributed by atoms with Gasteiger partial charge in [-0.25, -0.2) is 14.4 Å². The van der Waals surface area contributed by atoms with E-state index >= 15 is 0 Å². The first-order valence-corrected chi connectivity index (χ1v) is 12.4. The van der Waals surface area contributed by atoms with Crippen LogP contribution in [0.2, 0.25) is 5.02 Å². The van der Waals surface area contributed by atoms with Gasteiger partial charge in [-0.1, -0.05) is 18.2 Å². The maximum absolute atomic E-state index is 13.5. The maximum atomic E-state index is 13.5. The van der Waals surface area contributed by atoms with Crippen LogP contribution in [0.25, 0.3) is 10.9 Å². The Balaban J connectivity index is 1.95. The summed E-state index contributed by atoms with van der Waals surface area (Å²) in [7, 11) is 0.00845. The van der Waals surface area contributed by atoms with E-state index in [1.54, 1.807) is 18.2 Å². The predicted molar refractivity (Wildman–Crippen MR) is 127 cm³/mol. The lowest BCUT2D eigenvalue weighted by Crippen LogP contribution is -2.10. The second-order valence-electron chi connectivity index (χ2n) is 7.04. The van der Waals surface area contributed by atoms with Crippen molar-refractivity contribution in [3.8, 4) is 5.75 Å². The Morgan fingerprint density at radius 1 is 1.29 bits per heavy atom. The molecule has 0 aliphatic heterocycles. The van der Waals surface area contributed by atoms with Crippen molar-refractivity contribution in [1.82, 2.24) is 9.97 Å². The average Bonchev–Trinajstić information content (AvgIpc) is 2.74. The Labute approximate surface area is 186 Å². The van der Waals surface area contributed by atoms with Gasteiger partial charge < -0.3 is 15.4 Å². The van der Waals surface area contributed by atoms with Crippen LogP contribution >= 0.6 is 19.5 Å². The Kier molecular flexibility index (Phi) is 7.77. The summed E-state index contributed by atoms with van der Waals surface area (Å²) in [5.41, 5.74) is 1.69. The summed E-state index contributed by atoms with van der Waals surface area (Å²) in [6.07, 6.45) is 4.64. The minimum Gasteiger partial charge on any atom is -0.491 e. The van der Waals surface area contributed by atoms with E-state index in [-0.39, 0.29) is 18.9 Å². The lowest BCUT2D eigenvalue weighted by Gasteiger charge is -2.15. The van der Waals surface area contributed by atoms with Crippen LogP contribution in [0.4, 0.5) is 21.6 Å². The van der Waals surface area contributed by atoms with Gasteiger partial charge in [0.1, 0.15) is 23.7 Å². The molecule has 0 saturated carbocycles. The Hall–Kier alpha value is -2.76. The predicted octanol–water partition coefficient (Wildman–Crippen LogP) is 5.80. The van der Waals surface area contributed by atoms with Crippen molar-refractivity contribution < 1.29 is 13.9 Å². The number of hydrogen-bond donors (Lipinski definition) is 2. The molecule has 0 radical (unpaired) electrons. The van der Waals surface area contributed by atoms with Gasteiger partial charge in [0.05, 0.1) is 22.8 Å². The third-order valence-electron chi connectivity index (χ3n) is 4.37. The van der Waals surface area contributed by atoms with Gasteiger partial charge in [0.25, 0.3) is 0 Å². The van der Waals surface area contributed by atoms with Crippen LogP contribution in [-0.4, -0.2) is 42.0 Å². The molecular formula is C22H23ClFN4O2P. The number of amides is 1.